The first-order valence-electron chi connectivity index (χ1n) is 22.2. The number of aliphatic hydroxyl groups is 11. The highest BCUT2D eigenvalue weighted by Crippen LogP contribution is 2.32. The fourth-order valence-corrected chi connectivity index (χ4v) is 7.00. The van der Waals surface area contributed by atoms with E-state index >= 15 is 0 Å². The van der Waals surface area contributed by atoms with Gasteiger partial charge in [0.15, 0.2) is 18.9 Å². The van der Waals surface area contributed by atoms with Crippen LogP contribution in [0.5, 0.6) is 0 Å². The topological polar surface area (TPSA) is 307 Å². The number of carbonyl (C=O) groups excluding carboxylic acids is 1. The summed E-state index contributed by atoms with van der Waals surface area (Å²) in [5.74, 6) is -0.418. The highest BCUT2D eigenvalue weighted by molar-refractivity contribution is 5.77. The van der Waals surface area contributed by atoms with Crippen molar-refractivity contribution in [1.29, 1.82) is 0 Å². The van der Waals surface area contributed by atoms with Crippen LogP contribution >= 0.6 is 0 Å². The Morgan fingerprint density at radius 3 is 1.53 bits per heavy atom. The molecule has 0 radical (unpaired) electrons. The van der Waals surface area contributed by atoms with Crippen LogP contribution in [0.3, 0.4) is 0 Å². The first-order chi connectivity index (χ1) is 30.8. The van der Waals surface area contributed by atoms with Crippen LogP contribution in [0.4, 0.5) is 0 Å². The Bertz CT molecular complexity index is 1470. The van der Waals surface area contributed by atoms with Crippen LogP contribution in [-0.2, 0) is 33.2 Å². The molecule has 17 atom stereocenters. The number of hydrogen-bond donors (Lipinski definition) is 12. The van der Waals surface area contributed by atoms with Gasteiger partial charge >= 0.3 is 0 Å². The molecule has 3 aliphatic heterocycles. The molecule has 3 fully saturated rings. The number of ether oxygens (including phenoxy) is 6. The zero-order chi connectivity index (χ0) is 47.0. The summed E-state index contributed by atoms with van der Waals surface area (Å²) >= 11 is 0. The number of rotatable bonds is 27. The van der Waals surface area contributed by atoms with Gasteiger partial charge in [-0.2, -0.15) is 0 Å². The number of hydrogen-bond acceptors (Lipinski definition) is 18. The molecule has 17 unspecified atom stereocenters. The minimum Gasteiger partial charge on any atom is -0.394 e. The van der Waals surface area contributed by atoms with Gasteiger partial charge in [-0.05, 0) is 38.5 Å². The standard InChI is InChI=1S/C45H73NO18/c1-3-5-7-9-10-11-12-13-14-15-16-17-18-19-21-23-33(51)46-28(29(50)22-20-8-6-4-2)27-59-43-39(57)36(54)41(31(25-48)61-43)64-45-40(58)37(55)42(32(26-49)62-45)63-44-38(56)35(53)34(52)30(24-47)60-44/h5,7,10-11,13-14,16-17,19-22,28-32,34-45,47-50,52-58H,3-4,6,8-9,12,15,18,23-27H2,1-2H3,(H,46,51)/b7-5-,11-10-,14-13-,17-16-,21-19-,22-20+. The number of allylic oxidation sites excluding steroid dienone is 10. The van der Waals surface area contributed by atoms with Crippen LogP contribution in [0.25, 0.3) is 0 Å². The summed E-state index contributed by atoms with van der Waals surface area (Å²) in [6, 6.07) is -1.02. The highest BCUT2D eigenvalue weighted by Gasteiger charge is 2.53. The van der Waals surface area contributed by atoms with Crippen LogP contribution in [-0.4, -0.2) is 193 Å². The molecule has 0 aromatic carbocycles. The SMILES string of the molecule is CC/C=C\C/C=C\C/C=C\C/C=C\C/C=C\CC(=O)NC(COC1OC(CO)C(OC2OC(CO)C(OC3OC(CO)C(O)C(O)C3O)C(O)C2O)C(O)C1O)C(O)/C=C/CCCC. The molecule has 0 aromatic heterocycles. The molecular formula is C45H73NO18. The summed E-state index contributed by atoms with van der Waals surface area (Å²) in [4.78, 5) is 13.0. The number of nitrogens with one attached hydrogen (secondary N) is 1. The van der Waals surface area contributed by atoms with Crippen molar-refractivity contribution in [3.63, 3.8) is 0 Å². The Hall–Kier alpha value is -2.77. The van der Waals surface area contributed by atoms with Crippen LogP contribution in [0.1, 0.15) is 71.6 Å². The molecule has 19 heteroatoms. The fraction of sp³-hybridized carbons (Fsp3) is 0.711. The second kappa shape index (κ2) is 30.5. The monoisotopic (exact) mass is 915 g/mol. The second-order valence-corrected chi connectivity index (χ2v) is 15.8. The van der Waals surface area contributed by atoms with E-state index in [1.54, 1.807) is 12.2 Å². The lowest BCUT2D eigenvalue weighted by Crippen LogP contribution is -2.66. The molecule has 12 N–H and O–H groups in total. The van der Waals surface area contributed by atoms with Gasteiger partial charge in [-0.1, -0.05) is 99.6 Å². The average Bonchev–Trinajstić information content (AvgIpc) is 3.29. The Balaban J connectivity index is 1.57. The van der Waals surface area contributed by atoms with Gasteiger partial charge < -0.3 is 89.9 Å². The summed E-state index contributed by atoms with van der Waals surface area (Å²) in [5.41, 5.74) is 0. The van der Waals surface area contributed by atoms with E-state index in [2.05, 4.69) is 48.7 Å². The van der Waals surface area contributed by atoms with Crippen molar-refractivity contribution in [2.24, 2.45) is 0 Å². The Morgan fingerprint density at radius 2 is 1.03 bits per heavy atom. The molecule has 3 rings (SSSR count). The van der Waals surface area contributed by atoms with E-state index < -0.39 is 137 Å². The van der Waals surface area contributed by atoms with E-state index in [4.69, 9.17) is 28.4 Å². The van der Waals surface area contributed by atoms with E-state index in [-0.39, 0.29) is 6.42 Å². The lowest BCUT2D eigenvalue weighted by atomic mass is 9.96. The van der Waals surface area contributed by atoms with E-state index in [0.29, 0.717) is 12.8 Å². The molecule has 64 heavy (non-hydrogen) atoms. The predicted molar refractivity (Wildman–Crippen MR) is 231 cm³/mol. The maximum Gasteiger partial charge on any atom is 0.224 e. The third kappa shape index (κ3) is 17.5. The zero-order valence-corrected chi connectivity index (χ0v) is 36.7. The molecule has 1 amide bonds. The summed E-state index contributed by atoms with van der Waals surface area (Å²) in [6.45, 7) is 1.27. The molecule has 0 aromatic rings. The third-order valence-corrected chi connectivity index (χ3v) is 10.8. The summed E-state index contributed by atoms with van der Waals surface area (Å²) in [7, 11) is 0. The Kier molecular flexibility index (Phi) is 26.5. The van der Waals surface area contributed by atoms with Gasteiger partial charge in [0, 0.05) is 6.42 Å². The predicted octanol–water partition coefficient (Wildman–Crippen LogP) is -0.815. The second-order valence-electron chi connectivity index (χ2n) is 15.8. The minimum atomic E-state index is -1.99. The van der Waals surface area contributed by atoms with E-state index in [1.807, 2.05) is 25.2 Å². The number of unbranched alkanes of at least 4 members (excludes halogenated alkanes) is 2. The first kappa shape index (κ1) is 55.6. The van der Waals surface area contributed by atoms with Crippen molar-refractivity contribution in [1.82, 2.24) is 5.32 Å². The maximum atomic E-state index is 13.0. The largest absolute Gasteiger partial charge is 0.394 e. The van der Waals surface area contributed by atoms with Crippen LogP contribution in [0.2, 0.25) is 0 Å². The first-order valence-corrected chi connectivity index (χ1v) is 22.2. The van der Waals surface area contributed by atoms with Crippen LogP contribution in [0, 0.1) is 0 Å². The Morgan fingerprint density at radius 1 is 0.578 bits per heavy atom. The van der Waals surface area contributed by atoms with Crippen molar-refractivity contribution < 1.29 is 89.4 Å². The summed E-state index contributed by atoms with van der Waals surface area (Å²) < 4.78 is 33.8. The molecule has 366 valence electrons. The van der Waals surface area contributed by atoms with Gasteiger partial charge in [0.2, 0.25) is 5.91 Å². The van der Waals surface area contributed by atoms with Crippen LogP contribution < -0.4 is 5.32 Å². The molecule has 0 aliphatic carbocycles. The quantitative estimate of drug-likeness (QED) is 0.0354. The summed E-state index contributed by atoms with van der Waals surface area (Å²) in [5, 5.41) is 118. The fourth-order valence-electron chi connectivity index (χ4n) is 7.00. The number of amides is 1. The van der Waals surface area contributed by atoms with Gasteiger partial charge in [-0.25, -0.2) is 0 Å². The summed E-state index contributed by atoms with van der Waals surface area (Å²) in [6.07, 6.45) is 3.34. The molecule has 3 saturated heterocycles. The smallest absolute Gasteiger partial charge is 0.224 e. The van der Waals surface area contributed by atoms with Crippen molar-refractivity contribution in [3.05, 3.63) is 72.9 Å². The lowest BCUT2D eigenvalue weighted by molar-refractivity contribution is -0.379. The Labute approximate surface area is 375 Å². The van der Waals surface area contributed by atoms with Crippen molar-refractivity contribution in [2.45, 2.75) is 176 Å². The minimum absolute atomic E-state index is 0.00467. The van der Waals surface area contributed by atoms with E-state index in [1.165, 1.54) is 6.08 Å². The molecule has 0 saturated carbocycles. The third-order valence-electron chi connectivity index (χ3n) is 10.8. The van der Waals surface area contributed by atoms with Gasteiger partial charge in [0.25, 0.3) is 0 Å². The van der Waals surface area contributed by atoms with Crippen LogP contribution in [0.15, 0.2) is 72.9 Å². The van der Waals surface area contributed by atoms with Gasteiger partial charge in [0.1, 0.15) is 73.2 Å². The van der Waals surface area contributed by atoms with E-state index in [9.17, 15) is 61.0 Å². The van der Waals surface area contributed by atoms with Crippen molar-refractivity contribution in [3.8, 4) is 0 Å². The molecule has 3 aliphatic rings. The van der Waals surface area contributed by atoms with Gasteiger partial charge in [-0.3, -0.25) is 4.79 Å². The normalized spacial score (nSPS) is 35.2. The molecule has 0 bridgehead atoms. The van der Waals surface area contributed by atoms with Gasteiger partial charge in [0.05, 0.1) is 38.6 Å². The van der Waals surface area contributed by atoms with Gasteiger partial charge in [-0.15, -0.1) is 0 Å². The van der Waals surface area contributed by atoms with Crippen molar-refractivity contribution in [2.75, 3.05) is 26.4 Å². The zero-order valence-electron chi connectivity index (χ0n) is 36.7. The molecule has 3 heterocycles. The van der Waals surface area contributed by atoms with E-state index in [0.717, 1.165) is 38.5 Å². The number of aliphatic hydroxyl groups excluding tert-OH is 11. The molecule has 19 nitrogen and oxygen atoms in total. The average molecular weight is 916 g/mol. The molecular weight excluding hydrogens is 842 g/mol. The number of carbonyl (C=O) groups is 1. The van der Waals surface area contributed by atoms with Crippen molar-refractivity contribution >= 4 is 5.91 Å². The maximum absolute atomic E-state index is 13.0. The molecule has 0 spiro atoms. The highest BCUT2D eigenvalue weighted by atomic mass is 16.8. The lowest BCUT2D eigenvalue weighted by Gasteiger charge is -2.48.